The predicted molar refractivity (Wildman–Crippen MR) is 123 cm³/mol. The first-order chi connectivity index (χ1) is 14.8. The number of anilines is 2. The molecule has 2 atom stereocenters. The molecule has 0 saturated carbocycles. The van der Waals surface area contributed by atoms with Gasteiger partial charge >= 0.3 is 6.09 Å². The number of piperazine rings is 1. The van der Waals surface area contributed by atoms with E-state index in [4.69, 9.17) is 26.1 Å². The molecule has 0 aliphatic carbocycles. The molecule has 0 radical (unpaired) electrons. The zero-order valence-electron chi connectivity index (χ0n) is 18.1. The molecule has 1 amide bonds. The third-order valence-electron chi connectivity index (χ3n) is 6.03. The number of amides is 1. The minimum absolute atomic E-state index is 0.146. The average Bonchev–Trinajstić information content (AvgIpc) is 3.16. The summed E-state index contributed by atoms with van der Waals surface area (Å²) in [5, 5.41) is 1.47. The number of halogens is 1. The van der Waals surface area contributed by atoms with Crippen LogP contribution in [0.25, 0.3) is 10.2 Å². The molecule has 4 saturated heterocycles. The van der Waals surface area contributed by atoms with E-state index in [1.54, 1.807) is 11.3 Å². The van der Waals surface area contributed by atoms with Gasteiger partial charge in [0.25, 0.3) is 0 Å². The lowest BCUT2D eigenvalue weighted by Gasteiger charge is -2.51. The molecule has 4 aliphatic rings. The Labute approximate surface area is 191 Å². The maximum atomic E-state index is 12.7. The molecule has 0 spiro atoms. The first kappa shape index (κ1) is 21.0. The summed E-state index contributed by atoms with van der Waals surface area (Å²) in [6, 6.07) is 2.29. The molecular formula is C21H28ClN5O3S. The summed E-state index contributed by atoms with van der Waals surface area (Å²) in [5.74, 6) is 0.839. The highest BCUT2D eigenvalue weighted by molar-refractivity contribution is 7.22. The summed E-state index contributed by atoms with van der Waals surface area (Å²) in [4.78, 5) is 28.7. The Hall–Kier alpha value is -1.84. The monoisotopic (exact) mass is 465 g/mol. The van der Waals surface area contributed by atoms with E-state index in [0.717, 1.165) is 53.6 Å². The summed E-state index contributed by atoms with van der Waals surface area (Å²) in [6.07, 6.45) is 1.84. The SMILES string of the molecule is CC(C)(C)OC(=O)N1C[C@@H]2CC[C@H]1CN2c1nc2c(N3CCOCC3)nc(Cl)cc2s1. The Balaban J connectivity index is 1.40. The molecular weight excluding hydrogens is 438 g/mol. The second-order valence-corrected chi connectivity index (χ2v) is 10.8. The van der Waals surface area contributed by atoms with Gasteiger partial charge in [-0.15, -0.1) is 0 Å². The molecule has 8 nitrogen and oxygen atoms in total. The van der Waals surface area contributed by atoms with Gasteiger partial charge in [0.2, 0.25) is 0 Å². The van der Waals surface area contributed by atoms with Crippen molar-refractivity contribution >= 4 is 50.2 Å². The van der Waals surface area contributed by atoms with E-state index in [-0.39, 0.29) is 18.2 Å². The molecule has 31 heavy (non-hydrogen) atoms. The minimum Gasteiger partial charge on any atom is -0.444 e. The van der Waals surface area contributed by atoms with E-state index < -0.39 is 5.60 Å². The molecule has 6 rings (SSSR count). The predicted octanol–water partition coefficient (Wildman–Crippen LogP) is 3.77. The number of nitrogens with zero attached hydrogens (tertiary/aromatic N) is 5. The van der Waals surface area contributed by atoms with Crippen molar-refractivity contribution in [2.75, 3.05) is 49.2 Å². The van der Waals surface area contributed by atoms with E-state index in [1.165, 1.54) is 0 Å². The number of fused-ring (bicyclic) bond motifs is 4. The fraction of sp³-hybridized carbons (Fsp3) is 0.667. The Morgan fingerprint density at radius 1 is 1.19 bits per heavy atom. The summed E-state index contributed by atoms with van der Waals surface area (Å²) in [5.41, 5.74) is 0.416. The van der Waals surface area contributed by atoms with E-state index in [9.17, 15) is 4.79 Å². The molecule has 4 aliphatic heterocycles. The second kappa shape index (κ2) is 7.94. The van der Waals surface area contributed by atoms with Crippen LogP contribution < -0.4 is 9.80 Å². The van der Waals surface area contributed by atoms with Crippen molar-refractivity contribution in [1.29, 1.82) is 0 Å². The highest BCUT2D eigenvalue weighted by Gasteiger charge is 2.43. The van der Waals surface area contributed by atoms with Gasteiger partial charge in [0, 0.05) is 32.2 Å². The van der Waals surface area contributed by atoms with Gasteiger partial charge < -0.3 is 24.2 Å². The summed E-state index contributed by atoms with van der Waals surface area (Å²) < 4.78 is 12.2. The third kappa shape index (κ3) is 4.15. The molecule has 2 aromatic rings. The highest BCUT2D eigenvalue weighted by Crippen LogP contribution is 2.40. The van der Waals surface area contributed by atoms with Crippen molar-refractivity contribution in [2.45, 2.75) is 51.3 Å². The molecule has 4 fully saturated rings. The van der Waals surface area contributed by atoms with Gasteiger partial charge in [-0.1, -0.05) is 22.9 Å². The molecule has 0 N–H and O–H groups in total. The number of piperidine rings is 2. The van der Waals surface area contributed by atoms with Crippen LogP contribution in [0.4, 0.5) is 15.7 Å². The van der Waals surface area contributed by atoms with Crippen LogP contribution in [0.1, 0.15) is 33.6 Å². The number of aromatic nitrogens is 2. The van der Waals surface area contributed by atoms with Gasteiger partial charge in [-0.05, 0) is 39.7 Å². The van der Waals surface area contributed by atoms with Gasteiger partial charge in [-0.25, -0.2) is 14.8 Å². The normalized spacial score (nSPS) is 24.2. The fourth-order valence-corrected chi connectivity index (χ4v) is 5.93. The maximum Gasteiger partial charge on any atom is 0.410 e. The topological polar surface area (TPSA) is 71.0 Å². The van der Waals surface area contributed by atoms with E-state index in [2.05, 4.69) is 14.8 Å². The largest absolute Gasteiger partial charge is 0.444 e. The lowest BCUT2D eigenvalue weighted by Crippen LogP contribution is -2.64. The number of thiazole rings is 1. The number of ether oxygens (including phenoxy) is 2. The van der Waals surface area contributed by atoms with Crippen LogP contribution in [0.15, 0.2) is 6.07 Å². The van der Waals surface area contributed by atoms with Gasteiger partial charge in [0.1, 0.15) is 16.3 Å². The number of hydrogen-bond acceptors (Lipinski definition) is 8. The summed E-state index contributed by atoms with van der Waals surface area (Å²) in [6.45, 7) is 10.1. The standard InChI is InChI=1S/C21H28ClN5O3S/c1-21(2,3)30-20(28)27-12-13-4-5-14(27)11-26(13)19-24-17-15(31-19)10-16(22)23-18(17)25-6-8-29-9-7-25/h10,13-14H,4-9,11-12H2,1-3H3/t13-,14-/m0/s1. The first-order valence-corrected chi connectivity index (χ1v) is 12.0. The van der Waals surface area contributed by atoms with Crippen LogP contribution in [0, 0.1) is 0 Å². The molecule has 6 heterocycles. The number of hydrogen-bond donors (Lipinski definition) is 0. The van der Waals surface area contributed by atoms with Crippen LogP contribution in [-0.4, -0.2) is 78.0 Å². The number of rotatable bonds is 2. The average molecular weight is 466 g/mol. The lowest BCUT2D eigenvalue weighted by molar-refractivity contribution is 0.000884. The number of carbonyl (C=O) groups excluding carboxylic acids is 1. The van der Waals surface area contributed by atoms with Gasteiger partial charge in [-0.3, -0.25) is 0 Å². The lowest BCUT2D eigenvalue weighted by atomic mass is 9.91. The number of pyridine rings is 1. The molecule has 0 aromatic carbocycles. The van der Waals surface area contributed by atoms with Crippen molar-refractivity contribution in [2.24, 2.45) is 0 Å². The third-order valence-corrected chi connectivity index (χ3v) is 7.26. The molecule has 168 valence electrons. The van der Waals surface area contributed by atoms with Crippen LogP contribution >= 0.6 is 22.9 Å². The quantitative estimate of drug-likeness (QED) is 0.625. The smallest absolute Gasteiger partial charge is 0.410 e. The van der Waals surface area contributed by atoms with Crippen molar-refractivity contribution in [1.82, 2.24) is 14.9 Å². The highest BCUT2D eigenvalue weighted by atomic mass is 35.5. The number of morpholine rings is 1. The van der Waals surface area contributed by atoms with Crippen molar-refractivity contribution in [3.8, 4) is 0 Å². The Bertz CT molecular complexity index is 987. The van der Waals surface area contributed by atoms with Crippen LogP contribution in [0.2, 0.25) is 5.15 Å². The Morgan fingerprint density at radius 2 is 1.94 bits per heavy atom. The molecule has 2 aromatic heterocycles. The zero-order valence-corrected chi connectivity index (χ0v) is 19.7. The van der Waals surface area contributed by atoms with Gasteiger partial charge in [0.05, 0.1) is 24.0 Å². The summed E-state index contributed by atoms with van der Waals surface area (Å²) in [7, 11) is 0. The van der Waals surface area contributed by atoms with Crippen molar-refractivity contribution in [3.63, 3.8) is 0 Å². The maximum absolute atomic E-state index is 12.7. The number of carbonyl (C=O) groups is 1. The minimum atomic E-state index is -0.483. The zero-order chi connectivity index (χ0) is 21.8. The van der Waals surface area contributed by atoms with Crippen LogP contribution in [0.3, 0.4) is 0 Å². The second-order valence-electron chi connectivity index (χ2n) is 9.38. The van der Waals surface area contributed by atoms with E-state index >= 15 is 0 Å². The van der Waals surface area contributed by atoms with Gasteiger partial charge in [-0.2, -0.15) is 0 Å². The van der Waals surface area contributed by atoms with Crippen molar-refractivity contribution in [3.05, 3.63) is 11.2 Å². The Kier molecular flexibility index (Phi) is 5.38. The van der Waals surface area contributed by atoms with E-state index in [1.807, 2.05) is 31.7 Å². The first-order valence-electron chi connectivity index (χ1n) is 10.8. The molecule has 2 bridgehead atoms. The summed E-state index contributed by atoms with van der Waals surface area (Å²) >= 11 is 8.00. The fourth-order valence-electron chi connectivity index (χ4n) is 4.60. The van der Waals surface area contributed by atoms with Crippen molar-refractivity contribution < 1.29 is 14.3 Å². The Morgan fingerprint density at radius 3 is 2.61 bits per heavy atom. The molecule has 10 heteroatoms. The molecule has 0 unspecified atom stereocenters. The van der Waals surface area contributed by atoms with Gasteiger partial charge in [0.15, 0.2) is 10.9 Å². The van der Waals surface area contributed by atoms with Crippen LogP contribution in [0.5, 0.6) is 0 Å². The van der Waals surface area contributed by atoms with E-state index in [0.29, 0.717) is 24.9 Å². The van der Waals surface area contributed by atoms with Crippen LogP contribution in [-0.2, 0) is 9.47 Å².